The molecule has 0 saturated carbocycles. The van der Waals surface area contributed by atoms with Gasteiger partial charge >= 0.3 is 0 Å². The van der Waals surface area contributed by atoms with Crippen molar-refractivity contribution in [2.45, 2.75) is 11.8 Å². The summed E-state index contributed by atoms with van der Waals surface area (Å²) in [4.78, 5) is 13.2. The fraction of sp³-hybridized carbons (Fsp3) is 0.125. The lowest BCUT2D eigenvalue weighted by Gasteiger charge is -2.02. The van der Waals surface area contributed by atoms with E-state index in [-0.39, 0.29) is 10.6 Å². The molecule has 0 unspecified atom stereocenters. The number of primary sulfonamides is 1. The number of nitrogens with zero attached hydrogens (tertiary/aromatic N) is 1. The maximum atomic E-state index is 11.0. The summed E-state index contributed by atoms with van der Waals surface area (Å²) in [5.74, 6) is 0. The van der Waals surface area contributed by atoms with E-state index in [1.165, 1.54) is 24.3 Å². The van der Waals surface area contributed by atoms with Crippen molar-refractivity contribution in [3.05, 3.63) is 23.8 Å². The van der Waals surface area contributed by atoms with Crippen LogP contribution < -0.4 is 5.14 Å². The fourth-order valence-electron chi connectivity index (χ4n) is 1.02. The van der Waals surface area contributed by atoms with Gasteiger partial charge in [-0.05, 0) is 24.6 Å². The van der Waals surface area contributed by atoms with Crippen LogP contribution in [0.4, 0.5) is 5.69 Å². The van der Waals surface area contributed by atoms with Crippen molar-refractivity contribution >= 4 is 21.8 Å². The number of nitrogens with two attached hydrogens (primary N) is 1. The minimum absolute atomic E-state index is 0.0333. The van der Waals surface area contributed by atoms with Gasteiger partial charge < -0.3 is 0 Å². The second kappa shape index (κ2) is 3.71. The first-order valence-electron chi connectivity index (χ1n) is 3.66. The number of aryl methyl sites for hydroxylation is 1. The Morgan fingerprint density at radius 2 is 2.07 bits per heavy atom. The van der Waals surface area contributed by atoms with Crippen molar-refractivity contribution in [2.75, 3.05) is 0 Å². The van der Waals surface area contributed by atoms with Gasteiger partial charge in [0.25, 0.3) is 0 Å². The Morgan fingerprint density at radius 1 is 1.43 bits per heavy atom. The lowest BCUT2D eigenvalue weighted by atomic mass is 10.2. The van der Waals surface area contributed by atoms with E-state index in [9.17, 15) is 13.2 Å². The maximum Gasteiger partial charge on any atom is 0.240 e. The highest BCUT2D eigenvalue weighted by atomic mass is 32.2. The van der Waals surface area contributed by atoms with Crippen LogP contribution >= 0.6 is 0 Å². The van der Waals surface area contributed by atoms with Crippen LogP contribution in [0.2, 0.25) is 0 Å². The topological polar surface area (TPSA) is 89.6 Å². The van der Waals surface area contributed by atoms with Crippen molar-refractivity contribution in [3.8, 4) is 0 Å². The van der Waals surface area contributed by atoms with E-state index < -0.39 is 10.0 Å². The number of aliphatic imine (C=N–C) groups is 1. The standard InChI is InChI=1S/C8H8N2O3S/c1-6-2-3-7(10-5-11)4-8(6)14(9,12)13/h2-4H,1H3,(H2,9,12,13). The molecule has 74 valence electrons. The van der Waals surface area contributed by atoms with Gasteiger partial charge in [0.15, 0.2) is 0 Å². The first-order valence-corrected chi connectivity index (χ1v) is 5.21. The summed E-state index contributed by atoms with van der Waals surface area (Å²) in [5.41, 5.74) is 0.729. The highest BCUT2D eigenvalue weighted by Gasteiger charge is 2.11. The first kappa shape index (κ1) is 10.6. The summed E-state index contributed by atoms with van der Waals surface area (Å²) in [6.45, 7) is 1.61. The quantitative estimate of drug-likeness (QED) is 0.575. The van der Waals surface area contributed by atoms with E-state index in [2.05, 4.69) is 4.99 Å². The zero-order valence-electron chi connectivity index (χ0n) is 7.39. The summed E-state index contributed by atoms with van der Waals surface area (Å²) in [5, 5.41) is 4.95. The third-order valence-electron chi connectivity index (χ3n) is 1.65. The molecular formula is C8H8N2O3S. The Bertz CT molecular complexity index is 501. The molecule has 0 aliphatic heterocycles. The molecule has 6 heteroatoms. The van der Waals surface area contributed by atoms with Crippen LogP contribution in [0.1, 0.15) is 5.56 Å². The molecule has 0 fully saturated rings. The summed E-state index contributed by atoms with van der Waals surface area (Å²) < 4.78 is 22.1. The van der Waals surface area contributed by atoms with Gasteiger partial charge in [-0.3, -0.25) is 0 Å². The minimum Gasteiger partial charge on any atom is -0.225 e. The predicted octanol–water partition coefficient (Wildman–Crippen LogP) is 0.610. The molecule has 2 N–H and O–H groups in total. The van der Waals surface area contributed by atoms with Gasteiger partial charge in [-0.1, -0.05) is 6.07 Å². The van der Waals surface area contributed by atoms with E-state index in [4.69, 9.17) is 5.14 Å². The van der Waals surface area contributed by atoms with Crippen molar-refractivity contribution in [1.82, 2.24) is 0 Å². The Hall–Kier alpha value is -1.49. The van der Waals surface area contributed by atoms with E-state index >= 15 is 0 Å². The van der Waals surface area contributed by atoms with E-state index in [0.29, 0.717) is 5.56 Å². The molecule has 0 heterocycles. The Morgan fingerprint density at radius 3 is 2.57 bits per heavy atom. The maximum absolute atomic E-state index is 11.0. The molecular weight excluding hydrogens is 204 g/mol. The molecule has 0 bridgehead atoms. The van der Waals surface area contributed by atoms with Gasteiger partial charge in [0, 0.05) is 0 Å². The highest BCUT2D eigenvalue weighted by Crippen LogP contribution is 2.20. The van der Waals surface area contributed by atoms with Crippen LogP contribution in [0.5, 0.6) is 0 Å². The van der Waals surface area contributed by atoms with Gasteiger partial charge in [-0.2, -0.15) is 4.99 Å². The van der Waals surface area contributed by atoms with E-state index in [1.807, 2.05) is 0 Å². The third-order valence-corrected chi connectivity index (χ3v) is 2.71. The van der Waals surface area contributed by atoms with Crippen molar-refractivity contribution in [2.24, 2.45) is 10.1 Å². The van der Waals surface area contributed by atoms with Gasteiger partial charge in [0.1, 0.15) is 0 Å². The molecule has 1 aromatic carbocycles. The number of isocyanates is 1. The summed E-state index contributed by atoms with van der Waals surface area (Å²) in [7, 11) is -3.76. The Labute approximate surface area is 81.3 Å². The van der Waals surface area contributed by atoms with Gasteiger partial charge in [-0.15, -0.1) is 0 Å². The van der Waals surface area contributed by atoms with Crippen molar-refractivity contribution < 1.29 is 13.2 Å². The number of benzene rings is 1. The number of hydrogen-bond acceptors (Lipinski definition) is 4. The van der Waals surface area contributed by atoms with E-state index in [1.54, 1.807) is 6.92 Å². The molecule has 1 aromatic rings. The fourth-order valence-corrected chi connectivity index (χ4v) is 1.82. The second-order valence-electron chi connectivity index (χ2n) is 2.70. The molecule has 0 radical (unpaired) electrons. The average molecular weight is 212 g/mol. The van der Waals surface area contributed by atoms with Crippen LogP contribution in [-0.2, 0) is 14.8 Å². The Kier molecular flexibility index (Phi) is 2.81. The molecule has 0 saturated heterocycles. The SMILES string of the molecule is Cc1ccc(N=C=O)cc1S(N)(=O)=O. The molecule has 0 spiro atoms. The summed E-state index contributed by atoms with van der Waals surface area (Å²) >= 11 is 0. The largest absolute Gasteiger partial charge is 0.240 e. The average Bonchev–Trinajstić information content (AvgIpc) is 2.07. The van der Waals surface area contributed by atoms with Gasteiger partial charge in [0.05, 0.1) is 10.6 Å². The van der Waals surface area contributed by atoms with Gasteiger partial charge in [0.2, 0.25) is 16.1 Å². The zero-order chi connectivity index (χ0) is 10.8. The van der Waals surface area contributed by atoms with Crippen LogP contribution in [0, 0.1) is 6.92 Å². The lowest BCUT2D eigenvalue weighted by Crippen LogP contribution is -2.13. The van der Waals surface area contributed by atoms with Crippen LogP contribution in [-0.4, -0.2) is 14.5 Å². The Balaban J connectivity index is 3.43. The minimum atomic E-state index is -3.76. The predicted molar refractivity (Wildman–Crippen MR) is 50.3 cm³/mol. The molecule has 0 aromatic heterocycles. The van der Waals surface area contributed by atoms with Crippen molar-refractivity contribution in [1.29, 1.82) is 0 Å². The molecule has 0 amide bonds. The van der Waals surface area contributed by atoms with Gasteiger partial charge in [-0.25, -0.2) is 18.4 Å². The summed E-state index contributed by atoms with van der Waals surface area (Å²) in [6, 6.07) is 4.26. The second-order valence-corrected chi connectivity index (χ2v) is 4.23. The number of carbonyl (C=O) groups excluding carboxylic acids is 1. The molecule has 14 heavy (non-hydrogen) atoms. The number of hydrogen-bond donors (Lipinski definition) is 1. The highest BCUT2D eigenvalue weighted by molar-refractivity contribution is 7.89. The molecule has 0 atom stereocenters. The molecule has 1 rings (SSSR count). The van der Waals surface area contributed by atoms with Crippen molar-refractivity contribution in [3.63, 3.8) is 0 Å². The lowest BCUT2D eigenvalue weighted by molar-refractivity contribution is 0.565. The monoisotopic (exact) mass is 212 g/mol. The normalized spacial score (nSPS) is 10.7. The van der Waals surface area contributed by atoms with Crippen LogP contribution in [0.15, 0.2) is 28.1 Å². The smallest absolute Gasteiger partial charge is 0.225 e. The molecule has 5 nitrogen and oxygen atoms in total. The van der Waals surface area contributed by atoms with Crippen LogP contribution in [0.25, 0.3) is 0 Å². The first-order chi connectivity index (χ1) is 6.45. The molecule has 0 aliphatic carbocycles. The van der Waals surface area contributed by atoms with Crippen LogP contribution in [0.3, 0.4) is 0 Å². The number of sulfonamides is 1. The zero-order valence-corrected chi connectivity index (χ0v) is 8.21. The summed E-state index contributed by atoms with van der Waals surface area (Å²) in [6.07, 6.45) is 1.32. The third kappa shape index (κ3) is 2.26. The number of rotatable bonds is 2. The molecule has 0 aliphatic rings. The van der Waals surface area contributed by atoms with E-state index in [0.717, 1.165) is 0 Å².